The van der Waals surface area contributed by atoms with Gasteiger partial charge < -0.3 is 14.6 Å². The Kier molecular flexibility index (Phi) is 4.07. The van der Waals surface area contributed by atoms with Crippen LogP contribution in [0.25, 0.3) is 5.52 Å². The summed E-state index contributed by atoms with van der Waals surface area (Å²) in [5, 5.41) is 15.1. The molecule has 1 aromatic carbocycles. The summed E-state index contributed by atoms with van der Waals surface area (Å²) in [6.07, 6.45) is 3.21. The topological polar surface area (TPSA) is 59.2 Å². The molecule has 0 saturated heterocycles. The molecule has 0 amide bonds. The minimum atomic E-state index is -0.615. The molecule has 0 spiro atoms. The number of aliphatic hydroxyl groups is 1. The molecular weight excluding hydrogens is 318 g/mol. The lowest BCUT2D eigenvalue weighted by atomic mass is 9.95. The number of pyridine rings is 1. The maximum Gasteiger partial charge on any atom is 0.125 e. The van der Waals surface area contributed by atoms with Crippen molar-refractivity contribution >= 4 is 5.52 Å². The fourth-order valence-corrected chi connectivity index (χ4v) is 3.62. The van der Waals surface area contributed by atoms with E-state index in [4.69, 9.17) is 9.47 Å². The molecule has 0 bridgehead atoms. The van der Waals surface area contributed by atoms with Gasteiger partial charge in [-0.2, -0.15) is 5.10 Å². The van der Waals surface area contributed by atoms with Crippen LogP contribution >= 0.6 is 0 Å². The Morgan fingerprint density at radius 3 is 2.76 bits per heavy atom. The largest absolute Gasteiger partial charge is 0.496 e. The fourth-order valence-electron chi connectivity index (χ4n) is 3.62. The zero-order valence-electron chi connectivity index (χ0n) is 14.3. The van der Waals surface area contributed by atoms with E-state index in [1.54, 1.807) is 14.2 Å². The van der Waals surface area contributed by atoms with Gasteiger partial charge in [0.05, 0.1) is 32.0 Å². The highest BCUT2D eigenvalue weighted by Gasteiger charge is 2.29. The minimum absolute atomic E-state index is 0.542. The first-order chi connectivity index (χ1) is 12.2. The van der Waals surface area contributed by atoms with E-state index < -0.39 is 6.10 Å². The number of hydrogen-bond acceptors (Lipinski definition) is 5. The predicted octanol–water partition coefficient (Wildman–Crippen LogP) is 2.40. The van der Waals surface area contributed by atoms with Crippen LogP contribution < -0.4 is 9.47 Å². The van der Waals surface area contributed by atoms with Crippen LogP contribution in [0.5, 0.6) is 11.5 Å². The van der Waals surface area contributed by atoms with Crippen LogP contribution in [0.3, 0.4) is 0 Å². The molecule has 0 saturated carbocycles. The van der Waals surface area contributed by atoms with Crippen molar-refractivity contribution in [3.63, 3.8) is 0 Å². The van der Waals surface area contributed by atoms with Gasteiger partial charge in [-0.3, -0.25) is 4.90 Å². The predicted molar refractivity (Wildman–Crippen MR) is 93.8 cm³/mol. The first kappa shape index (κ1) is 15.9. The van der Waals surface area contributed by atoms with Gasteiger partial charge in [0.1, 0.15) is 11.5 Å². The number of β-amino-alcohol motifs (C(OH)–C–C–N with tert-alkyl or cyclic N) is 1. The van der Waals surface area contributed by atoms with Crippen LogP contribution in [0.4, 0.5) is 0 Å². The molecule has 1 aliphatic rings. The fraction of sp³-hybridized carbons (Fsp3) is 0.316. The Balaban J connectivity index is 1.67. The Morgan fingerprint density at radius 1 is 1.16 bits per heavy atom. The van der Waals surface area contributed by atoms with Crippen LogP contribution in [-0.2, 0) is 13.1 Å². The van der Waals surface area contributed by atoms with Crippen LogP contribution in [0.15, 0.2) is 42.7 Å². The Hall–Kier alpha value is -2.57. The summed E-state index contributed by atoms with van der Waals surface area (Å²) in [5.74, 6) is 1.48. The van der Waals surface area contributed by atoms with E-state index in [1.807, 2.05) is 41.2 Å². The summed E-state index contributed by atoms with van der Waals surface area (Å²) in [4.78, 5) is 2.21. The normalized spacial score (nSPS) is 17.5. The number of nitrogens with zero attached hydrogens (tertiary/aromatic N) is 3. The summed E-state index contributed by atoms with van der Waals surface area (Å²) >= 11 is 0. The summed E-state index contributed by atoms with van der Waals surface area (Å²) in [5.41, 5.74) is 4.04. The van der Waals surface area contributed by atoms with Gasteiger partial charge in [-0.05, 0) is 24.3 Å². The molecule has 1 atom stereocenters. The van der Waals surface area contributed by atoms with Crippen molar-refractivity contribution in [1.82, 2.24) is 14.5 Å². The third kappa shape index (κ3) is 2.73. The van der Waals surface area contributed by atoms with E-state index in [-0.39, 0.29) is 0 Å². The first-order valence-corrected chi connectivity index (χ1v) is 8.26. The molecule has 0 aliphatic carbocycles. The highest BCUT2D eigenvalue weighted by molar-refractivity contribution is 5.54. The molecule has 25 heavy (non-hydrogen) atoms. The third-order valence-electron chi connectivity index (χ3n) is 4.76. The van der Waals surface area contributed by atoms with E-state index >= 15 is 0 Å². The lowest BCUT2D eigenvalue weighted by molar-refractivity contribution is 0.0845. The van der Waals surface area contributed by atoms with Crippen molar-refractivity contribution in [3.05, 3.63) is 59.4 Å². The second-order valence-corrected chi connectivity index (χ2v) is 6.25. The molecular formula is C19H21N3O3. The standard InChI is InChI=1S/C19H21N3O3/c1-24-17-6-7-18(25-2)19-14(17)11-21(12-16(19)23)10-13-9-20-22-8-4-3-5-15(13)22/h3-9,16,23H,10-12H2,1-2H3. The highest BCUT2D eigenvalue weighted by atomic mass is 16.5. The number of hydrogen-bond donors (Lipinski definition) is 1. The number of aliphatic hydroxyl groups excluding tert-OH is 1. The van der Waals surface area contributed by atoms with E-state index in [0.29, 0.717) is 25.4 Å². The molecule has 0 radical (unpaired) electrons. The van der Waals surface area contributed by atoms with Crippen LogP contribution in [-0.4, -0.2) is 40.4 Å². The SMILES string of the molecule is COc1ccc(OC)c2c1CN(Cc1cnn3ccccc13)CC2O. The molecule has 3 aromatic rings. The molecule has 1 unspecified atom stereocenters. The van der Waals surface area contributed by atoms with Crippen molar-refractivity contribution in [3.8, 4) is 11.5 Å². The van der Waals surface area contributed by atoms with E-state index in [0.717, 1.165) is 28.0 Å². The highest BCUT2D eigenvalue weighted by Crippen LogP contribution is 2.39. The van der Waals surface area contributed by atoms with Crippen LogP contribution in [0.1, 0.15) is 22.8 Å². The number of ether oxygens (including phenoxy) is 2. The number of aromatic nitrogens is 2. The number of methoxy groups -OCH3 is 2. The van der Waals surface area contributed by atoms with E-state index in [1.165, 1.54) is 0 Å². The van der Waals surface area contributed by atoms with Crippen molar-refractivity contribution in [2.24, 2.45) is 0 Å². The molecule has 3 heterocycles. The van der Waals surface area contributed by atoms with Gasteiger partial charge in [0.25, 0.3) is 0 Å². The lowest BCUT2D eigenvalue weighted by Crippen LogP contribution is -2.33. The minimum Gasteiger partial charge on any atom is -0.496 e. The smallest absolute Gasteiger partial charge is 0.125 e. The average molecular weight is 339 g/mol. The monoisotopic (exact) mass is 339 g/mol. The molecule has 4 rings (SSSR count). The van der Waals surface area contributed by atoms with Gasteiger partial charge in [-0.15, -0.1) is 0 Å². The lowest BCUT2D eigenvalue weighted by Gasteiger charge is -2.33. The van der Waals surface area contributed by atoms with E-state index in [9.17, 15) is 5.11 Å². The number of benzene rings is 1. The molecule has 1 aliphatic heterocycles. The van der Waals surface area contributed by atoms with Crippen molar-refractivity contribution in [1.29, 1.82) is 0 Å². The molecule has 130 valence electrons. The number of rotatable bonds is 4. The van der Waals surface area contributed by atoms with Gasteiger partial charge in [0, 0.05) is 42.5 Å². The summed E-state index contributed by atoms with van der Waals surface area (Å²) in [6.45, 7) is 1.95. The summed E-state index contributed by atoms with van der Waals surface area (Å²) < 4.78 is 12.8. The van der Waals surface area contributed by atoms with Crippen molar-refractivity contribution in [2.75, 3.05) is 20.8 Å². The summed E-state index contributed by atoms with van der Waals surface area (Å²) in [7, 11) is 3.28. The van der Waals surface area contributed by atoms with Crippen LogP contribution in [0.2, 0.25) is 0 Å². The summed E-state index contributed by atoms with van der Waals surface area (Å²) in [6, 6.07) is 9.77. The first-order valence-electron chi connectivity index (χ1n) is 8.26. The quantitative estimate of drug-likeness (QED) is 0.791. The number of fused-ring (bicyclic) bond motifs is 2. The zero-order chi connectivity index (χ0) is 17.4. The van der Waals surface area contributed by atoms with Crippen LogP contribution in [0, 0.1) is 0 Å². The maximum absolute atomic E-state index is 10.7. The van der Waals surface area contributed by atoms with E-state index in [2.05, 4.69) is 16.1 Å². The van der Waals surface area contributed by atoms with Gasteiger partial charge in [0.2, 0.25) is 0 Å². The van der Waals surface area contributed by atoms with Crippen molar-refractivity contribution in [2.45, 2.75) is 19.2 Å². The van der Waals surface area contributed by atoms with Gasteiger partial charge in [-0.25, -0.2) is 4.52 Å². The molecule has 6 nitrogen and oxygen atoms in total. The van der Waals surface area contributed by atoms with Gasteiger partial charge >= 0.3 is 0 Å². The zero-order valence-corrected chi connectivity index (χ0v) is 14.3. The molecule has 6 heteroatoms. The molecule has 2 aromatic heterocycles. The Morgan fingerprint density at radius 2 is 1.96 bits per heavy atom. The second-order valence-electron chi connectivity index (χ2n) is 6.25. The van der Waals surface area contributed by atoms with Gasteiger partial charge in [-0.1, -0.05) is 6.07 Å². The maximum atomic E-state index is 10.7. The molecule has 1 N–H and O–H groups in total. The third-order valence-corrected chi connectivity index (χ3v) is 4.76. The van der Waals surface area contributed by atoms with Crippen molar-refractivity contribution < 1.29 is 14.6 Å². The Bertz CT molecular complexity index is 906. The Labute approximate surface area is 146 Å². The van der Waals surface area contributed by atoms with Gasteiger partial charge in [0.15, 0.2) is 0 Å². The molecule has 0 fully saturated rings. The second kappa shape index (κ2) is 6.38. The average Bonchev–Trinajstić information content (AvgIpc) is 3.04.